The zero-order valence-corrected chi connectivity index (χ0v) is 11.2. The number of rotatable bonds is 1. The fraction of sp³-hybridized carbons (Fsp3) is 0.538. The number of ether oxygens (including phenoxy) is 1. The number of hydrogen-bond acceptors (Lipinski definition) is 4. The van der Waals surface area contributed by atoms with Crippen LogP contribution in [0.2, 0.25) is 0 Å². The standard InChI is InChI=1S/C13H17FN2O3/c1-12(2,3)19-11(17)16-7-13(18,8-16)10-5-4-9(14)6-15-10/h4-6,18H,7-8H2,1-3H3. The van der Waals surface area contributed by atoms with E-state index in [1.807, 2.05) is 0 Å². The van der Waals surface area contributed by atoms with Crippen LogP contribution in [0.5, 0.6) is 0 Å². The molecule has 1 aromatic rings. The molecule has 2 rings (SSSR count). The van der Waals surface area contributed by atoms with Crippen molar-refractivity contribution in [3.63, 3.8) is 0 Å². The number of β-amino-alcohol motifs (C(OH)–C–C–N with tert-alkyl or cyclic N) is 1. The van der Waals surface area contributed by atoms with Gasteiger partial charge in [0.1, 0.15) is 17.0 Å². The first kappa shape index (κ1) is 13.7. The van der Waals surface area contributed by atoms with E-state index in [0.29, 0.717) is 5.69 Å². The Morgan fingerprint density at radius 3 is 2.58 bits per heavy atom. The molecule has 0 saturated carbocycles. The summed E-state index contributed by atoms with van der Waals surface area (Å²) < 4.78 is 17.9. The third-order valence-electron chi connectivity index (χ3n) is 2.76. The van der Waals surface area contributed by atoms with Gasteiger partial charge in [-0.2, -0.15) is 0 Å². The first-order chi connectivity index (χ1) is 8.70. The summed E-state index contributed by atoms with van der Waals surface area (Å²) in [6.45, 7) is 5.52. The molecule has 1 saturated heterocycles. The van der Waals surface area contributed by atoms with Gasteiger partial charge in [0.25, 0.3) is 0 Å². The summed E-state index contributed by atoms with van der Waals surface area (Å²) in [5.74, 6) is -0.462. The molecular weight excluding hydrogens is 251 g/mol. The van der Waals surface area contributed by atoms with E-state index < -0.39 is 23.1 Å². The molecule has 0 aromatic carbocycles. The first-order valence-electron chi connectivity index (χ1n) is 6.02. The van der Waals surface area contributed by atoms with Crippen molar-refractivity contribution >= 4 is 6.09 Å². The van der Waals surface area contributed by atoms with Gasteiger partial charge in [-0.1, -0.05) is 0 Å². The largest absolute Gasteiger partial charge is 0.444 e. The lowest BCUT2D eigenvalue weighted by atomic mass is 9.90. The van der Waals surface area contributed by atoms with Crippen molar-refractivity contribution in [2.45, 2.75) is 32.0 Å². The number of aromatic nitrogens is 1. The van der Waals surface area contributed by atoms with Gasteiger partial charge < -0.3 is 14.7 Å². The average Bonchev–Trinajstić information content (AvgIpc) is 2.23. The van der Waals surface area contributed by atoms with Crippen LogP contribution in [0.25, 0.3) is 0 Å². The number of amides is 1. The van der Waals surface area contributed by atoms with E-state index in [0.717, 1.165) is 6.20 Å². The maximum atomic E-state index is 12.8. The summed E-state index contributed by atoms with van der Waals surface area (Å²) in [7, 11) is 0. The summed E-state index contributed by atoms with van der Waals surface area (Å²) in [6.07, 6.45) is 0.572. The Bertz CT molecular complexity index is 476. The summed E-state index contributed by atoms with van der Waals surface area (Å²) >= 11 is 0. The molecule has 2 heterocycles. The van der Waals surface area contributed by atoms with E-state index in [9.17, 15) is 14.3 Å². The number of hydrogen-bond donors (Lipinski definition) is 1. The molecule has 5 nitrogen and oxygen atoms in total. The highest BCUT2D eigenvalue weighted by Gasteiger charge is 2.47. The molecule has 6 heteroatoms. The Morgan fingerprint density at radius 2 is 2.11 bits per heavy atom. The predicted octanol–water partition coefficient (Wildman–Crippen LogP) is 1.66. The van der Waals surface area contributed by atoms with Crippen LogP contribution in [0, 0.1) is 5.82 Å². The third-order valence-corrected chi connectivity index (χ3v) is 2.76. The lowest BCUT2D eigenvalue weighted by Gasteiger charge is -2.45. The van der Waals surface area contributed by atoms with Gasteiger partial charge in [0.15, 0.2) is 0 Å². The van der Waals surface area contributed by atoms with Gasteiger partial charge in [-0.3, -0.25) is 4.98 Å². The Morgan fingerprint density at radius 1 is 1.47 bits per heavy atom. The molecule has 1 amide bonds. The van der Waals surface area contributed by atoms with Gasteiger partial charge in [0.2, 0.25) is 0 Å². The molecule has 0 aliphatic carbocycles. The van der Waals surface area contributed by atoms with Crippen LogP contribution >= 0.6 is 0 Å². The van der Waals surface area contributed by atoms with Crippen LogP contribution in [-0.2, 0) is 10.3 Å². The molecule has 1 N–H and O–H groups in total. The van der Waals surface area contributed by atoms with Gasteiger partial charge in [-0.25, -0.2) is 9.18 Å². The summed E-state index contributed by atoms with van der Waals surface area (Å²) in [6, 6.07) is 2.65. The molecule has 1 aromatic heterocycles. The first-order valence-corrected chi connectivity index (χ1v) is 6.02. The molecule has 0 unspecified atom stereocenters. The van der Waals surface area contributed by atoms with E-state index in [1.165, 1.54) is 17.0 Å². The fourth-order valence-electron chi connectivity index (χ4n) is 1.85. The van der Waals surface area contributed by atoms with Gasteiger partial charge in [-0.05, 0) is 32.9 Å². The number of aliphatic hydroxyl groups is 1. The summed E-state index contributed by atoms with van der Waals surface area (Å²) in [5, 5.41) is 10.3. The van der Waals surface area contributed by atoms with E-state index in [-0.39, 0.29) is 13.1 Å². The number of nitrogens with zero attached hydrogens (tertiary/aromatic N) is 2. The summed E-state index contributed by atoms with van der Waals surface area (Å²) in [4.78, 5) is 16.9. The van der Waals surface area contributed by atoms with Crippen molar-refractivity contribution in [2.24, 2.45) is 0 Å². The van der Waals surface area contributed by atoms with E-state index >= 15 is 0 Å². The fourth-order valence-corrected chi connectivity index (χ4v) is 1.85. The van der Waals surface area contributed by atoms with Crippen LogP contribution < -0.4 is 0 Å². The Labute approximate surface area is 111 Å². The van der Waals surface area contributed by atoms with Crippen molar-refractivity contribution in [1.29, 1.82) is 0 Å². The van der Waals surface area contributed by atoms with E-state index in [2.05, 4.69) is 4.98 Å². The zero-order chi connectivity index (χ0) is 14.3. The molecule has 0 spiro atoms. The highest BCUT2D eigenvalue weighted by atomic mass is 19.1. The molecule has 19 heavy (non-hydrogen) atoms. The minimum absolute atomic E-state index is 0.0978. The molecule has 0 atom stereocenters. The predicted molar refractivity (Wildman–Crippen MR) is 65.9 cm³/mol. The minimum atomic E-state index is -1.22. The maximum absolute atomic E-state index is 12.8. The summed E-state index contributed by atoms with van der Waals surface area (Å²) in [5.41, 5.74) is -1.43. The second kappa shape index (κ2) is 4.45. The highest BCUT2D eigenvalue weighted by Crippen LogP contribution is 2.31. The number of likely N-dealkylation sites (tertiary alicyclic amines) is 1. The molecule has 1 aliphatic heterocycles. The molecule has 0 bridgehead atoms. The smallest absolute Gasteiger partial charge is 0.410 e. The van der Waals surface area contributed by atoms with E-state index in [1.54, 1.807) is 20.8 Å². The van der Waals surface area contributed by atoms with Gasteiger partial charge >= 0.3 is 6.09 Å². The number of halogens is 1. The molecular formula is C13H17FN2O3. The highest BCUT2D eigenvalue weighted by molar-refractivity contribution is 5.69. The lowest BCUT2D eigenvalue weighted by molar-refractivity contribution is -0.106. The molecule has 0 radical (unpaired) electrons. The van der Waals surface area contributed by atoms with Crippen molar-refractivity contribution < 1.29 is 19.0 Å². The average molecular weight is 268 g/mol. The Hall–Kier alpha value is -1.69. The topological polar surface area (TPSA) is 62.7 Å². The minimum Gasteiger partial charge on any atom is -0.444 e. The van der Waals surface area contributed by atoms with Crippen LogP contribution in [0.15, 0.2) is 18.3 Å². The van der Waals surface area contributed by atoms with Gasteiger partial charge in [0.05, 0.1) is 25.0 Å². The second-order valence-electron chi connectivity index (χ2n) is 5.73. The van der Waals surface area contributed by atoms with Crippen LogP contribution in [0.4, 0.5) is 9.18 Å². The monoisotopic (exact) mass is 268 g/mol. The quantitative estimate of drug-likeness (QED) is 0.841. The van der Waals surface area contributed by atoms with Crippen molar-refractivity contribution in [3.05, 3.63) is 29.8 Å². The van der Waals surface area contributed by atoms with E-state index in [4.69, 9.17) is 4.74 Å². The SMILES string of the molecule is CC(C)(C)OC(=O)N1CC(O)(c2ccc(F)cn2)C1. The van der Waals surface area contributed by atoms with Gasteiger partial charge in [0, 0.05) is 0 Å². The normalized spacial score (nSPS) is 17.8. The van der Waals surface area contributed by atoms with Crippen molar-refractivity contribution in [2.75, 3.05) is 13.1 Å². The number of pyridine rings is 1. The van der Waals surface area contributed by atoms with Gasteiger partial charge in [-0.15, -0.1) is 0 Å². The molecule has 104 valence electrons. The third kappa shape index (κ3) is 3.01. The Balaban J connectivity index is 1.98. The van der Waals surface area contributed by atoms with Crippen LogP contribution in [0.1, 0.15) is 26.5 Å². The number of carbonyl (C=O) groups excluding carboxylic acids is 1. The zero-order valence-electron chi connectivity index (χ0n) is 11.2. The Kier molecular flexibility index (Phi) is 3.22. The molecule has 1 fully saturated rings. The van der Waals surface area contributed by atoms with Crippen LogP contribution in [0.3, 0.4) is 0 Å². The molecule has 1 aliphatic rings. The second-order valence-corrected chi connectivity index (χ2v) is 5.73. The van der Waals surface area contributed by atoms with Crippen molar-refractivity contribution in [1.82, 2.24) is 9.88 Å². The maximum Gasteiger partial charge on any atom is 0.410 e. The van der Waals surface area contributed by atoms with Crippen molar-refractivity contribution in [3.8, 4) is 0 Å². The van der Waals surface area contributed by atoms with Crippen LogP contribution in [-0.4, -0.2) is 39.8 Å². The number of carbonyl (C=O) groups is 1. The lowest BCUT2D eigenvalue weighted by Crippen LogP contribution is -2.62.